The summed E-state index contributed by atoms with van der Waals surface area (Å²) in [6, 6.07) is 2.94. The zero-order valence-corrected chi connectivity index (χ0v) is 17.2. The predicted molar refractivity (Wildman–Crippen MR) is 102 cm³/mol. The zero-order valence-electron chi connectivity index (χ0n) is 16.3. The predicted octanol–water partition coefficient (Wildman–Crippen LogP) is 3.37. The number of carboxylic acids is 1. The van der Waals surface area contributed by atoms with Gasteiger partial charge < -0.3 is 14.6 Å². The third kappa shape index (κ3) is 6.11. The van der Waals surface area contributed by atoms with Gasteiger partial charge in [0.05, 0.1) is 19.3 Å². The molecule has 0 aromatic carbocycles. The van der Waals surface area contributed by atoms with Crippen LogP contribution in [0.15, 0.2) is 29.9 Å². The number of aliphatic carboxylic acids is 1. The maximum Gasteiger partial charge on any atom is 0.490 e. The Labute approximate surface area is 179 Å². The van der Waals surface area contributed by atoms with Crippen molar-refractivity contribution in [1.82, 2.24) is 14.9 Å². The average molecular weight is 463 g/mol. The number of pyridine rings is 1. The highest BCUT2D eigenvalue weighted by molar-refractivity contribution is 7.09. The van der Waals surface area contributed by atoms with Crippen molar-refractivity contribution in [3.63, 3.8) is 0 Å². The minimum atomic E-state index is -5.08. The van der Waals surface area contributed by atoms with Crippen molar-refractivity contribution in [1.29, 1.82) is 0 Å². The molecular weight excluding hydrogens is 442 g/mol. The van der Waals surface area contributed by atoms with Gasteiger partial charge in [-0.15, -0.1) is 11.3 Å². The smallest absolute Gasteiger partial charge is 0.475 e. The van der Waals surface area contributed by atoms with Crippen molar-refractivity contribution in [2.45, 2.75) is 31.7 Å². The van der Waals surface area contributed by atoms with Crippen LogP contribution in [-0.4, -0.2) is 64.5 Å². The lowest BCUT2D eigenvalue weighted by atomic mass is 9.77. The number of aromatic nitrogens is 2. The number of fused-ring (bicyclic) bond motifs is 1. The van der Waals surface area contributed by atoms with Gasteiger partial charge in [-0.3, -0.25) is 4.90 Å². The van der Waals surface area contributed by atoms with E-state index in [1.807, 2.05) is 11.6 Å². The molecule has 2 aromatic rings. The molecule has 4 rings (SSSR count). The number of hydrogen-bond acceptors (Lipinski definition) is 7. The molecule has 0 aliphatic carbocycles. The molecule has 2 aromatic heterocycles. The summed E-state index contributed by atoms with van der Waals surface area (Å²) in [5, 5.41) is 10.3. The Morgan fingerprint density at radius 1 is 1.39 bits per heavy atom. The maximum atomic E-state index is 13.8. The van der Waals surface area contributed by atoms with E-state index in [0.29, 0.717) is 6.61 Å². The normalized spacial score (nSPS) is 23.5. The highest BCUT2D eigenvalue weighted by atomic mass is 32.1. The molecule has 2 atom stereocenters. The van der Waals surface area contributed by atoms with Crippen LogP contribution < -0.4 is 4.74 Å². The zero-order chi connectivity index (χ0) is 22.5. The Bertz CT molecular complexity index is 868. The van der Waals surface area contributed by atoms with E-state index in [1.54, 1.807) is 23.6 Å². The van der Waals surface area contributed by atoms with Gasteiger partial charge in [0.25, 0.3) is 0 Å². The summed E-state index contributed by atoms with van der Waals surface area (Å²) in [5.41, 5.74) is -0.0977. The molecule has 0 spiro atoms. The third-order valence-corrected chi connectivity index (χ3v) is 5.92. The van der Waals surface area contributed by atoms with Gasteiger partial charge in [-0.05, 0) is 25.0 Å². The van der Waals surface area contributed by atoms with Gasteiger partial charge in [0.2, 0.25) is 5.88 Å². The standard InChI is InChI=1S/C17H20FN3O2S.C2HF3O2/c18-13-2-1-5-20-16(13)23-12-17-4-8-22-14(17)3-7-21(11-17)10-15-19-6-9-24-15;3-2(4,5)1(6)7/h1-2,5-6,9,14H,3-4,7-8,10-12H2;(H,6,7)/t14-,17+;/m1./s1. The van der Waals surface area contributed by atoms with Gasteiger partial charge in [0, 0.05) is 42.9 Å². The molecule has 1 N–H and O–H groups in total. The molecule has 7 nitrogen and oxygen atoms in total. The van der Waals surface area contributed by atoms with Gasteiger partial charge in [-0.2, -0.15) is 13.2 Å². The lowest BCUT2D eigenvalue weighted by Crippen LogP contribution is -2.52. The number of ether oxygens (including phenoxy) is 2. The summed E-state index contributed by atoms with van der Waals surface area (Å²) in [7, 11) is 0. The van der Waals surface area contributed by atoms with E-state index < -0.39 is 18.0 Å². The number of rotatable bonds is 5. The second kappa shape index (κ2) is 9.88. The van der Waals surface area contributed by atoms with Crippen molar-refractivity contribution in [3.05, 3.63) is 40.7 Å². The minimum Gasteiger partial charge on any atom is -0.475 e. The van der Waals surface area contributed by atoms with Crippen LogP contribution in [-0.2, 0) is 16.1 Å². The van der Waals surface area contributed by atoms with Crippen molar-refractivity contribution >= 4 is 17.3 Å². The first-order valence-corrected chi connectivity index (χ1v) is 10.3. The van der Waals surface area contributed by atoms with E-state index >= 15 is 0 Å². The van der Waals surface area contributed by atoms with Crippen LogP contribution in [0.2, 0.25) is 0 Å². The fourth-order valence-corrected chi connectivity index (χ4v) is 4.35. The number of likely N-dealkylation sites (tertiary alicyclic amines) is 1. The Kier molecular flexibility index (Phi) is 7.44. The van der Waals surface area contributed by atoms with E-state index in [2.05, 4.69) is 14.9 Å². The Hall–Kier alpha value is -2.31. The lowest BCUT2D eigenvalue weighted by molar-refractivity contribution is -0.192. The van der Waals surface area contributed by atoms with Crippen molar-refractivity contribution in [3.8, 4) is 5.88 Å². The van der Waals surface area contributed by atoms with Crippen LogP contribution in [0.3, 0.4) is 0 Å². The summed E-state index contributed by atoms with van der Waals surface area (Å²) < 4.78 is 57.2. The number of thiazole rings is 1. The number of alkyl halides is 3. The number of hydrogen-bond donors (Lipinski definition) is 1. The first-order chi connectivity index (χ1) is 14.7. The molecule has 0 amide bonds. The van der Waals surface area contributed by atoms with Gasteiger partial charge in [-0.25, -0.2) is 19.2 Å². The fraction of sp³-hybridized carbons (Fsp3) is 0.526. The van der Waals surface area contributed by atoms with E-state index in [-0.39, 0.29) is 17.4 Å². The van der Waals surface area contributed by atoms with Gasteiger partial charge >= 0.3 is 12.1 Å². The molecule has 0 saturated carbocycles. The van der Waals surface area contributed by atoms with Gasteiger partial charge in [0.15, 0.2) is 5.82 Å². The molecule has 0 radical (unpaired) electrons. The summed E-state index contributed by atoms with van der Waals surface area (Å²) >= 11 is 1.68. The molecule has 2 saturated heterocycles. The van der Waals surface area contributed by atoms with Crippen LogP contribution in [0.25, 0.3) is 0 Å². The summed E-state index contributed by atoms with van der Waals surface area (Å²) in [6.07, 6.45) is 0.388. The quantitative estimate of drug-likeness (QED) is 0.681. The SMILES string of the molecule is Fc1cccnc1OC[C@@]12CCO[C@@H]1CCN(Cc1nccs1)C2.O=C(O)C(F)(F)F. The average Bonchev–Trinajstić information content (AvgIpc) is 3.37. The van der Waals surface area contributed by atoms with Gasteiger partial charge in [0.1, 0.15) is 5.01 Å². The van der Waals surface area contributed by atoms with Crippen molar-refractivity contribution in [2.75, 3.05) is 26.3 Å². The number of piperidine rings is 1. The van der Waals surface area contributed by atoms with Crippen molar-refractivity contribution in [2.24, 2.45) is 5.41 Å². The van der Waals surface area contributed by atoms with E-state index in [0.717, 1.165) is 44.1 Å². The number of nitrogens with zero attached hydrogens (tertiary/aromatic N) is 3. The highest BCUT2D eigenvalue weighted by Crippen LogP contribution is 2.41. The summed E-state index contributed by atoms with van der Waals surface area (Å²) in [4.78, 5) is 19.7. The molecule has 0 bridgehead atoms. The Morgan fingerprint density at radius 2 is 2.16 bits per heavy atom. The van der Waals surface area contributed by atoms with Crippen LogP contribution in [0, 0.1) is 11.2 Å². The van der Waals surface area contributed by atoms with Gasteiger partial charge in [-0.1, -0.05) is 0 Å². The third-order valence-electron chi connectivity index (χ3n) is 5.15. The molecule has 0 unspecified atom stereocenters. The molecule has 2 aliphatic rings. The fourth-order valence-electron chi connectivity index (χ4n) is 3.69. The number of halogens is 4. The molecule has 4 heterocycles. The maximum absolute atomic E-state index is 13.8. The minimum absolute atomic E-state index is 0.0783. The van der Waals surface area contributed by atoms with E-state index in [4.69, 9.17) is 19.4 Å². The van der Waals surface area contributed by atoms with E-state index in [9.17, 15) is 17.6 Å². The Balaban J connectivity index is 0.000000339. The first kappa shape index (κ1) is 23.4. The summed E-state index contributed by atoms with van der Waals surface area (Å²) in [6.45, 7) is 3.89. The molecular formula is C19H21F4N3O4S. The monoisotopic (exact) mass is 463 g/mol. The molecule has 2 fully saturated rings. The first-order valence-electron chi connectivity index (χ1n) is 9.45. The second-order valence-corrected chi connectivity index (χ2v) is 8.26. The highest BCUT2D eigenvalue weighted by Gasteiger charge is 2.48. The van der Waals surface area contributed by atoms with Crippen LogP contribution in [0.4, 0.5) is 17.6 Å². The topological polar surface area (TPSA) is 84.8 Å². The number of carbonyl (C=O) groups is 1. The second-order valence-electron chi connectivity index (χ2n) is 7.28. The molecule has 12 heteroatoms. The molecule has 2 aliphatic heterocycles. The lowest BCUT2D eigenvalue weighted by Gasteiger charge is -2.43. The largest absolute Gasteiger partial charge is 0.490 e. The summed E-state index contributed by atoms with van der Waals surface area (Å²) in [5.74, 6) is -3.10. The van der Waals surface area contributed by atoms with Crippen molar-refractivity contribution < 1.29 is 36.9 Å². The molecule has 31 heavy (non-hydrogen) atoms. The van der Waals surface area contributed by atoms with Crippen LogP contribution >= 0.6 is 11.3 Å². The molecule has 170 valence electrons. The van der Waals surface area contributed by atoms with Crippen LogP contribution in [0.5, 0.6) is 5.88 Å². The van der Waals surface area contributed by atoms with E-state index in [1.165, 1.54) is 6.07 Å². The Morgan fingerprint density at radius 3 is 2.81 bits per heavy atom. The number of carboxylic acid groups (broad SMARTS) is 1. The van der Waals surface area contributed by atoms with Crippen LogP contribution in [0.1, 0.15) is 17.8 Å².